The molecule has 1 aromatic carbocycles. The lowest BCUT2D eigenvalue weighted by Crippen LogP contribution is -2.34. The van der Waals surface area contributed by atoms with Crippen LogP contribution in [0.15, 0.2) is 23.1 Å². The van der Waals surface area contributed by atoms with Crippen LogP contribution in [0.5, 0.6) is 0 Å². The Bertz CT molecular complexity index is 318. The molecular weight excluding hydrogens is 197 g/mol. The molecule has 0 aliphatic carbocycles. The quantitative estimate of drug-likeness (QED) is 0.781. The Kier molecular flexibility index (Phi) is 3.56. The Hall–Kier alpha value is -0.540. The number of hydrogen-bond donors (Lipinski definition) is 1. The van der Waals surface area contributed by atoms with Crippen molar-refractivity contribution in [3.05, 3.63) is 29.6 Å². The minimum Gasteiger partial charge on any atom is -0.325 e. The maximum absolute atomic E-state index is 12.8. The Balaban J connectivity index is 2.68. The second-order valence-corrected chi connectivity index (χ2v) is 5.20. The minimum atomic E-state index is -0.189. The largest absolute Gasteiger partial charge is 0.325 e. The maximum atomic E-state index is 12.8. The SMILES string of the molecule is Cc1cc(F)ccc1SCC(C)(C)N. The molecule has 0 saturated heterocycles. The summed E-state index contributed by atoms with van der Waals surface area (Å²) >= 11 is 1.67. The molecule has 1 rings (SSSR count). The predicted molar refractivity (Wildman–Crippen MR) is 60.1 cm³/mol. The number of nitrogens with two attached hydrogens (primary N) is 1. The molecule has 0 saturated carbocycles. The van der Waals surface area contributed by atoms with Gasteiger partial charge in [0.25, 0.3) is 0 Å². The molecule has 14 heavy (non-hydrogen) atoms. The van der Waals surface area contributed by atoms with Crippen LogP contribution in [0.4, 0.5) is 4.39 Å². The molecule has 78 valence electrons. The van der Waals surface area contributed by atoms with Gasteiger partial charge in [0.15, 0.2) is 0 Å². The van der Waals surface area contributed by atoms with Gasteiger partial charge in [0.05, 0.1) is 0 Å². The lowest BCUT2D eigenvalue weighted by Gasteiger charge is -2.18. The third-order valence-corrected chi connectivity index (χ3v) is 3.39. The monoisotopic (exact) mass is 213 g/mol. The molecule has 1 nitrogen and oxygen atoms in total. The normalized spacial score (nSPS) is 11.8. The summed E-state index contributed by atoms with van der Waals surface area (Å²) in [6.07, 6.45) is 0. The van der Waals surface area contributed by atoms with Crippen LogP contribution >= 0.6 is 11.8 Å². The van der Waals surface area contributed by atoms with E-state index in [2.05, 4.69) is 0 Å². The van der Waals surface area contributed by atoms with E-state index in [9.17, 15) is 4.39 Å². The van der Waals surface area contributed by atoms with Gasteiger partial charge in [-0.15, -0.1) is 11.8 Å². The Labute approximate surface area is 88.9 Å². The van der Waals surface area contributed by atoms with Crippen molar-refractivity contribution in [1.82, 2.24) is 0 Å². The fourth-order valence-electron chi connectivity index (χ4n) is 1.04. The first-order valence-electron chi connectivity index (χ1n) is 4.56. The number of benzene rings is 1. The van der Waals surface area contributed by atoms with E-state index in [-0.39, 0.29) is 11.4 Å². The van der Waals surface area contributed by atoms with E-state index in [4.69, 9.17) is 5.73 Å². The van der Waals surface area contributed by atoms with Crippen molar-refractivity contribution in [3.8, 4) is 0 Å². The van der Waals surface area contributed by atoms with E-state index in [1.807, 2.05) is 20.8 Å². The molecule has 0 unspecified atom stereocenters. The molecule has 0 aromatic heterocycles. The lowest BCUT2D eigenvalue weighted by molar-refractivity contribution is 0.591. The van der Waals surface area contributed by atoms with Gasteiger partial charge in [-0.05, 0) is 44.5 Å². The van der Waals surface area contributed by atoms with Crippen molar-refractivity contribution >= 4 is 11.8 Å². The number of halogens is 1. The average molecular weight is 213 g/mol. The maximum Gasteiger partial charge on any atom is 0.123 e. The summed E-state index contributed by atoms with van der Waals surface area (Å²) in [7, 11) is 0. The third-order valence-electron chi connectivity index (χ3n) is 1.74. The Morgan fingerprint density at radius 3 is 2.57 bits per heavy atom. The standard InChI is InChI=1S/C11H16FNS/c1-8-6-9(12)4-5-10(8)14-7-11(2,3)13/h4-6H,7,13H2,1-3H3. The first-order valence-corrected chi connectivity index (χ1v) is 5.55. The van der Waals surface area contributed by atoms with Gasteiger partial charge in [0.2, 0.25) is 0 Å². The van der Waals surface area contributed by atoms with Gasteiger partial charge < -0.3 is 5.73 Å². The van der Waals surface area contributed by atoms with Gasteiger partial charge in [-0.1, -0.05) is 0 Å². The molecule has 0 spiro atoms. The molecule has 1 aromatic rings. The van der Waals surface area contributed by atoms with Gasteiger partial charge in [0, 0.05) is 16.2 Å². The van der Waals surface area contributed by atoms with E-state index in [1.165, 1.54) is 6.07 Å². The Morgan fingerprint density at radius 2 is 2.07 bits per heavy atom. The minimum absolute atomic E-state index is 0.182. The van der Waals surface area contributed by atoms with Crippen LogP contribution in [0.1, 0.15) is 19.4 Å². The molecule has 0 fully saturated rings. The molecule has 2 N–H and O–H groups in total. The second-order valence-electron chi connectivity index (χ2n) is 4.19. The van der Waals surface area contributed by atoms with Crippen LogP contribution in [-0.4, -0.2) is 11.3 Å². The smallest absolute Gasteiger partial charge is 0.123 e. The van der Waals surface area contributed by atoms with Crippen LogP contribution in [0, 0.1) is 12.7 Å². The summed E-state index contributed by atoms with van der Waals surface area (Å²) in [5, 5.41) is 0. The van der Waals surface area contributed by atoms with Gasteiger partial charge in [0.1, 0.15) is 5.82 Å². The van der Waals surface area contributed by atoms with Crippen molar-refractivity contribution in [2.75, 3.05) is 5.75 Å². The van der Waals surface area contributed by atoms with E-state index in [1.54, 1.807) is 23.9 Å². The van der Waals surface area contributed by atoms with Crippen molar-refractivity contribution in [2.45, 2.75) is 31.2 Å². The van der Waals surface area contributed by atoms with Crippen molar-refractivity contribution in [2.24, 2.45) is 5.73 Å². The molecule has 0 atom stereocenters. The van der Waals surface area contributed by atoms with Gasteiger partial charge >= 0.3 is 0 Å². The van der Waals surface area contributed by atoms with Crippen LogP contribution < -0.4 is 5.73 Å². The number of thioether (sulfide) groups is 1. The highest BCUT2D eigenvalue weighted by molar-refractivity contribution is 7.99. The average Bonchev–Trinajstić information content (AvgIpc) is 2.00. The summed E-state index contributed by atoms with van der Waals surface area (Å²) < 4.78 is 12.8. The van der Waals surface area contributed by atoms with E-state index in [0.717, 1.165) is 16.2 Å². The number of aryl methyl sites for hydroxylation is 1. The number of hydrogen-bond acceptors (Lipinski definition) is 2. The molecule has 0 radical (unpaired) electrons. The van der Waals surface area contributed by atoms with E-state index < -0.39 is 0 Å². The Morgan fingerprint density at radius 1 is 1.43 bits per heavy atom. The fraction of sp³-hybridized carbons (Fsp3) is 0.455. The molecule has 0 heterocycles. The van der Waals surface area contributed by atoms with Crippen molar-refractivity contribution in [1.29, 1.82) is 0 Å². The zero-order valence-corrected chi connectivity index (χ0v) is 9.62. The van der Waals surface area contributed by atoms with Crippen LogP contribution in [0.25, 0.3) is 0 Å². The molecular formula is C11H16FNS. The van der Waals surface area contributed by atoms with Crippen LogP contribution in [0.3, 0.4) is 0 Å². The zero-order chi connectivity index (χ0) is 10.8. The third kappa shape index (κ3) is 3.68. The molecule has 0 aliphatic heterocycles. The van der Waals surface area contributed by atoms with Gasteiger partial charge in [-0.2, -0.15) is 0 Å². The van der Waals surface area contributed by atoms with E-state index >= 15 is 0 Å². The highest BCUT2D eigenvalue weighted by atomic mass is 32.2. The van der Waals surface area contributed by atoms with E-state index in [0.29, 0.717) is 0 Å². The highest BCUT2D eigenvalue weighted by Gasteiger charge is 2.11. The van der Waals surface area contributed by atoms with Crippen molar-refractivity contribution < 1.29 is 4.39 Å². The summed E-state index contributed by atoms with van der Waals surface area (Å²) in [5.41, 5.74) is 6.65. The molecule has 0 aliphatic rings. The van der Waals surface area contributed by atoms with Crippen LogP contribution in [-0.2, 0) is 0 Å². The summed E-state index contributed by atoms with van der Waals surface area (Å²) in [5.74, 6) is 0.651. The molecule has 0 bridgehead atoms. The predicted octanol–water partition coefficient (Wildman–Crippen LogP) is 2.96. The molecule has 3 heteroatoms. The molecule has 0 amide bonds. The lowest BCUT2D eigenvalue weighted by atomic mass is 10.1. The zero-order valence-electron chi connectivity index (χ0n) is 8.80. The topological polar surface area (TPSA) is 26.0 Å². The second kappa shape index (κ2) is 4.32. The van der Waals surface area contributed by atoms with Crippen LogP contribution in [0.2, 0.25) is 0 Å². The van der Waals surface area contributed by atoms with Gasteiger partial charge in [-0.25, -0.2) is 4.39 Å². The summed E-state index contributed by atoms with van der Waals surface area (Å²) in [6.45, 7) is 5.88. The fourth-order valence-corrected chi connectivity index (χ4v) is 2.02. The number of rotatable bonds is 3. The van der Waals surface area contributed by atoms with Gasteiger partial charge in [-0.3, -0.25) is 0 Å². The highest BCUT2D eigenvalue weighted by Crippen LogP contribution is 2.25. The summed E-state index contributed by atoms with van der Waals surface area (Å²) in [4.78, 5) is 1.10. The first kappa shape index (κ1) is 11.5. The summed E-state index contributed by atoms with van der Waals surface area (Å²) in [6, 6.07) is 4.84. The van der Waals surface area contributed by atoms with Crippen molar-refractivity contribution in [3.63, 3.8) is 0 Å². The first-order chi connectivity index (χ1) is 6.38.